The first kappa shape index (κ1) is 29.9. The van der Waals surface area contributed by atoms with Crippen molar-refractivity contribution in [2.45, 2.75) is 44.3 Å². The Bertz CT molecular complexity index is 1360. The Hall–Kier alpha value is -4.07. The fourth-order valence-electron chi connectivity index (χ4n) is 4.82. The summed E-state index contributed by atoms with van der Waals surface area (Å²) in [6.07, 6.45) is -5.88. The minimum absolute atomic E-state index is 0.0223. The van der Waals surface area contributed by atoms with Gasteiger partial charge in [-0.25, -0.2) is 10.1 Å². The zero-order valence-corrected chi connectivity index (χ0v) is 21.7. The van der Waals surface area contributed by atoms with Crippen LogP contribution in [0.3, 0.4) is 0 Å². The van der Waals surface area contributed by atoms with Gasteiger partial charge >= 0.3 is 12.4 Å². The quantitative estimate of drug-likeness (QED) is 0.285. The normalized spacial score (nSPS) is 18.2. The number of nitrogens with zero attached hydrogens (tertiary/aromatic N) is 6. The number of carbonyl (C=O) groups excluding carboxylic acids is 1. The summed E-state index contributed by atoms with van der Waals surface area (Å²) in [5.41, 5.74) is -3.90. The summed E-state index contributed by atoms with van der Waals surface area (Å²) in [6.45, 7) is 2.40. The number of aromatic amines is 1. The lowest BCUT2D eigenvalue weighted by Gasteiger charge is -2.42. The number of H-pyrrole nitrogens is 1. The maximum atomic E-state index is 13.2. The molecule has 0 aromatic carbocycles. The summed E-state index contributed by atoms with van der Waals surface area (Å²) >= 11 is 0. The third-order valence-corrected chi connectivity index (χ3v) is 6.68. The Kier molecular flexibility index (Phi) is 8.61. The summed E-state index contributed by atoms with van der Waals surface area (Å²) in [5.74, 6) is 0.0960. The van der Waals surface area contributed by atoms with Crippen LogP contribution in [0.2, 0.25) is 0 Å². The molecule has 1 fully saturated rings. The fourth-order valence-corrected chi connectivity index (χ4v) is 4.82. The third-order valence-electron chi connectivity index (χ3n) is 6.68. The molecular weight excluding hydrogens is 562 g/mol. The molecule has 2 aliphatic rings. The minimum Gasteiger partial charge on any atom is -0.379 e. The molecule has 0 aliphatic carbocycles. The molecule has 2 aromatic rings. The molecule has 4 heterocycles. The van der Waals surface area contributed by atoms with Crippen LogP contribution < -0.4 is 15.8 Å². The molecule has 41 heavy (non-hydrogen) atoms. The van der Waals surface area contributed by atoms with Gasteiger partial charge in [0.15, 0.2) is 6.19 Å². The molecule has 0 saturated carbocycles. The molecule has 0 unspecified atom stereocenters. The largest absolute Gasteiger partial charge is 0.423 e. The second-order valence-corrected chi connectivity index (χ2v) is 9.73. The van der Waals surface area contributed by atoms with Gasteiger partial charge in [0.05, 0.1) is 56.2 Å². The number of amides is 1. The zero-order valence-electron chi connectivity index (χ0n) is 21.7. The van der Waals surface area contributed by atoms with Crippen LogP contribution in [0.15, 0.2) is 23.3 Å². The highest BCUT2D eigenvalue weighted by Gasteiger charge is 2.39. The van der Waals surface area contributed by atoms with Gasteiger partial charge in [-0.05, 0) is 13.0 Å². The van der Waals surface area contributed by atoms with Gasteiger partial charge in [0.2, 0.25) is 5.91 Å². The molecule has 0 bridgehead atoms. The molecule has 0 spiro atoms. The van der Waals surface area contributed by atoms with Crippen molar-refractivity contribution in [3.8, 4) is 6.19 Å². The van der Waals surface area contributed by atoms with Gasteiger partial charge < -0.3 is 24.8 Å². The van der Waals surface area contributed by atoms with E-state index in [1.54, 1.807) is 16.9 Å². The van der Waals surface area contributed by atoms with E-state index >= 15 is 0 Å². The lowest BCUT2D eigenvalue weighted by atomic mass is 10.1. The zero-order chi connectivity index (χ0) is 29.9. The van der Waals surface area contributed by atoms with Crippen molar-refractivity contribution in [2.75, 3.05) is 49.6 Å². The number of rotatable bonds is 7. The van der Waals surface area contributed by atoms with Crippen molar-refractivity contribution >= 4 is 17.4 Å². The monoisotopic (exact) mass is 588 g/mol. The summed E-state index contributed by atoms with van der Waals surface area (Å²) in [4.78, 5) is 33.2. The van der Waals surface area contributed by atoms with Crippen molar-refractivity contribution < 1.29 is 35.9 Å². The van der Waals surface area contributed by atoms with Gasteiger partial charge in [0.25, 0.3) is 5.56 Å². The molecule has 1 amide bonds. The molecule has 2 atom stereocenters. The maximum Gasteiger partial charge on any atom is 0.423 e. The number of hydrogen-bond acceptors (Lipinski definition) is 9. The van der Waals surface area contributed by atoms with E-state index in [9.17, 15) is 41.2 Å². The van der Waals surface area contributed by atoms with E-state index in [1.165, 1.54) is 4.90 Å². The minimum atomic E-state index is -4.89. The molecule has 0 radical (unpaired) electrons. The van der Waals surface area contributed by atoms with E-state index in [0.29, 0.717) is 12.4 Å². The Balaban J connectivity index is 1.31. The Morgan fingerprint density at radius 1 is 1.22 bits per heavy atom. The number of halogens is 6. The second-order valence-electron chi connectivity index (χ2n) is 9.73. The van der Waals surface area contributed by atoms with Crippen molar-refractivity contribution in [3.63, 3.8) is 0 Å². The molecule has 222 valence electrons. The van der Waals surface area contributed by atoms with E-state index in [4.69, 9.17) is 4.74 Å². The van der Waals surface area contributed by atoms with Crippen LogP contribution in [0.4, 0.5) is 37.8 Å². The number of nitriles is 1. The molecule has 2 aromatic heterocycles. The first-order chi connectivity index (χ1) is 19.3. The first-order valence-corrected chi connectivity index (χ1v) is 12.5. The fraction of sp³-hybridized carbons (Fsp3) is 0.542. The van der Waals surface area contributed by atoms with Gasteiger partial charge in [-0.3, -0.25) is 9.59 Å². The number of hydrogen-bond donors (Lipinski definition) is 2. The van der Waals surface area contributed by atoms with E-state index in [-0.39, 0.29) is 63.3 Å². The van der Waals surface area contributed by atoms with Crippen molar-refractivity contribution in [1.82, 2.24) is 25.0 Å². The number of pyridine rings is 1. The lowest BCUT2D eigenvalue weighted by molar-refractivity contribution is -0.138. The number of nitrogens with one attached hydrogen (secondary N) is 2. The van der Waals surface area contributed by atoms with Crippen LogP contribution in [0.25, 0.3) is 0 Å². The second kappa shape index (κ2) is 11.8. The predicted octanol–water partition coefficient (Wildman–Crippen LogP) is 2.42. The summed E-state index contributed by atoms with van der Waals surface area (Å²) < 4.78 is 84.7. The molecule has 4 rings (SSSR count). The summed E-state index contributed by atoms with van der Waals surface area (Å²) in [7, 11) is 0. The number of aromatic nitrogens is 3. The van der Waals surface area contributed by atoms with Gasteiger partial charge in [0.1, 0.15) is 11.4 Å². The Morgan fingerprint density at radius 3 is 2.66 bits per heavy atom. The van der Waals surface area contributed by atoms with Gasteiger partial charge in [0, 0.05) is 37.4 Å². The van der Waals surface area contributed by atoms with Gasteiger partial charge in [-0.15, -0.1) is 0 Å². The van der Waals surface area contributed by atoms with Crippen LogP contribution in [0.5, 0.6) is 0 Å². The van der Waals surface area contributed by atoms with Crippen LogP contribution in [-0.2, 0) is 28.4 Å². The third kappa shape index (κ3) is 6.99. The number of alkyl halides is 6. The van der Waals surface area contributed by atoms with E-state index < -0.39 is 40.8 Å². The molecule has 1 saturated heterocycles. The molecular formula is C24H26F6N8O3. The van der Waals surface area contributed by atoms with Crippen LogP contribution in [0.1, 0.15) is 30.0 Å². The lowest BCUT2D eigenvalue weighted by Crippen LogP contribution is -2.57. The van der Waals surface area contributed by atoms with Crippen LogP contribution in [-0.4, -0.2) is 82.4 Å². The topological polar surface area (TPSA) is 130 Å². The van der Waals surface area contributed by atoms with Crippen molar-refractivity contribution in [3.05, 3.63) is 45.5 Å². The number of carbonyl (C=O) groups is 1. The first-order valence-electron chi connectivity index (χ1n) is 12.5. The van der Waals surface area contributed by atoms with Crippen LogP contribution in [0, 0.1) is 11.5 Å². The molecule has 11 nitrogen and oxygen atoms in total. The predicted molar refractivity (Wildman–Crippen MR) is 131 cm³/mol. The highest BCUT2D eigenvalue weighted by molar-refractivity contribution is 5.76. The average Bonchev–Trinajstić information content (AvgIpc) is 3.05. The maximum absolute atomic E-state index is 13.2. The smallest absolute Gasteiger partial charge is 0.379 e. The standard InChI is InChI=1S/C24H26F6N8O3/c1-14(34-18-8-33-35-22(40)20(18)24(28,29)30)12-41-5-2-19(39)37-3-4-38-17(11-37)10-36(13-31)9-15-6-16(23(25,26)27)7-32-21(15)38/h6-8,14,17H,2-5,9-12H2,1H3,(H2,34,35,40)/t14-,17-/m0/s1. The highest BCUT2D eigenvalue weighted by Crippen LogP contribution is 2.35. The number of ether oxygens (including phenoxy) is 1. The highest BCUT2D eigenvalue weighted by atomic mass is 19.4. The van der Waals surface area contributed by atoms with E-state index in [0.717, 1.165) is 18.5 Å². The van der Waals surface area contributed by atoms with Gasteiger partial charge in [-0.2, -0.15) is 36.7 Å². The van der Waals surface area contributed by atoms with E-state index in [1.807, 2.05) is 11.1 Å². The average molecular weight is 589 g/mol. The summed E-state index contributed by atoms with van der Waals surface area (Å²) in [5, 5.41) is 17.2. The molecule has 2 N–H and O–H groups in total. The SMILES string of the molecule is C[C@@H](COCCC(=O)N1CCN2c3ncc(C(F)(F)F)cc3CN(C#N)C[C@H]2C1)Nc1cn[nH]c(=O)c1C(F)(F)F. The molecule has 17 heteroatoms. The number of piperazine rings is 1. The van der Waals surface area contributed by atoms with Crippen molar-refractivity contribution in [2.24, 2.45) is 0 Å². The summed E-state index contributed by atoms with van der Waals surface area (Å²) in [6, 6.07) is -0.0315. The van der Waals surface area contributed by atoms with Gasteiger partial charge in [-0.1, -0.05) is 0 Å². The Labute approximate surface area is 229 Å². The Morgan fingerprint density at radius 2 is 1.98 bits per heavy atom. The van der Waals surface area contributed by atoms with E-state index in [2.05, 4.69) is 15.4 Å². The van der Waals surface area contributed by atoms with Crippen molar-refractivity contribution in [1.29, 1.82) is 5.26 Å². The number of fused-ring (bicyclic) bond motifs is 3. The molecule has 2 aliphatic heterocycles. The number of anilines is 2. The van der Waals surface area contributed by atoms with Crippen LogP contribution >= 0.6 is 0 Å².